The molecule has 0 spiro atoms. The van der Waals surface area contributed by atoms with Gasteiger partial charge in [0.2, 0.25) is 0 Å². The van der Waals surface area contributed by atoms with Gasteiger partial charge in [-0.05, 0) is 17.9 Å². The summed E-state index contributed by atoms with van der Waals surface area (Å²) in [7, 11) is 0. The van der Waals surface area contributed by atoms with Crippen molar-refractivity contribution in [2.24, 2.45) is 5.92 Å². The number of hydrogen-bond acceptors (Lipinski definition) is 3. The largest absolute Gasteiger partial charge is 0.379 e. The number of ketones is 1. The van der Waals surface area contributed by atoms with Crippen molar-refractivity contribution in [2.75, 3.05) is 32.8 Å². The van der Waals surface area contributed by atoms with Crippen molar-refractivity contribution in [3.05, 3.63) is 35.4 Å². The second kappa shape index (κ2) is 6.83. The average Bonchev–Trinajstić information content (AvgIpc) is 2.40. The monoisotopic (exact) mass is 261 g/mol. The fourth-order valence-corrected chi connectivity index (χ4v) is 2.35. The third kappa shape index (κ3) is 4.44. The molecule has 0 aliphatic carbocycles. The number of benzene rings is 1. The van der Waals surface area contributed by atoms with Gasteiger partial charge in [-0.15, -0.1) is 0 Å². The van der Waals surface area contributed by atoms with E-state index in [-0.39, 0.29) is 5.78 Å². The van der Waals surface area contributed by atoms with Gasteiger partial charge in [-0.25, -0.2) is 0 Å². The fourth-order valence-electron chi connectivity index (χ4n) is 2.35. The molecule has 104 valence electrons. The Morgan fingerprint density at radius 3 is 2.42 bits per heavy atom. The summed E-state index contributed by atoms with van der Waals surface area (Å²) in [4.78, 5) is 14.3. The maximum atomic E-state index is 12.2. The first kappa shape index (κ1) is 14.2. The first-order valence-electron chi connectivity index (χ1n) is 7.07. The van der Waals surface area contributed by atoms with Gasteiger partial charge < -0.3 is 4.74 Å². The molecule has 1 heterocycles. The molecule has 1 aromatic carbocycles. The second-order valence-electron chi connectivity index (χ2n) is 5.61. The van der Waals surface area contributed by atoms with E-state index in [9.17, 15) is 4.79 Å². The van der Waals surface area contributed by atoms with Gasteiger partial charge in [0.15, 0.2) is 5.78 Å². The number of carbonyl (C=O) groups is 1. The quantitative estimate of drug-likeness (QED) is 0.762. The molecular weight excluding hydrogens is 238 g/mol. The summed E-state index contributed by atoms with van der Waals surface area (Å²) in [5.74, 6) is 0.855. The van der Waals surface area contributed by atoms with Crippen LogP contribution in [0.2, 0.25) is 0 Å². The molecule has 1 fully saturated rings. The van der Waals surface area contributed by atoms with Crippen LogP contribution in [0.4, 0.5) is 0 Å². The van der Waals surface area contributed by atoms with Crippen molar-refractivity contribution in [1.82, 2.24) is 4.90 Å². The predicted octanol–water partition coefficient (Wildman–Crippen LogP) is 2.40. The van der Waals surface area contributed by atoms with E-state index in [0.717, 1.165) is 38.3 Å². The Hall–Kier alpha value is -1.19. The van der Waals surface area contributed by atoms with E-state index in [0.29, 0.717) is 12.5 Å². The van der Waals surface area contributed by atoms with Crippen LogP contribution in [-0.4, -0.2) is 43.5 Å². The van der Waals surface area contributed by atoms with Crippen LogP contribution in [0.5, 0.6) is 0 Å². The number of Topliss-reactive ketones (excluding diaryl/α,β-unsaturated/α-hetero) is 1. The molecule has 3 heteroatoms. The van der Waals surface area contributed by atoms with Crippen LogP contribution in [0.3, 0.4) is 0 Å². The Morgan fingerprint density at radius 2 is 1.84 bits per heavy atom. The summed E-state index contributed by atoms with van der Waals surface area (Å²) in [6.45, 7) is 8.11. The number of hydrogen-bond donors (Lipinski definition) is 0. The van der Waals surface area contributed by atoms with Gasteiger partial charge in [0.1, 0.15) is 0 Å². The van der Waals surface area contributed by atoms with Crippen LogP contribution < -0.4 is 0 Å². The molecule has 0 atom stereocenters. The maximum absolute atomic E-state index is 12.2. The molecular formula is C16H23NO2. The Labute approximate surface area is 115 Å². The molecule has 19 heavy (non-hydrogen) atoms. The highest BCUT2D eigenvalue weighted by Crippen LogP contribution is 2.11. The molecule has 1 aliphatic heterocycles. The molecule has 0 unspecified atom stereocenters. The first-order chi connectivity index (χ1) is 9.15. The Morgan fingerprint density at radius 1 is 1.21 bits per heavy atom. The van der Waals surface area contributed by atoms with E-state index in [4.69, 9.17) is 4.74 Å². The third-order valence-corrected chi connectivity index (χ3v) is 3.39. The maximum Gasteiger partial charge on any atom is 0.176 e. The van der Waals surface area contributed by atoms with Crippen LogP contribution in [-0.2, 0) is 11.2 Å². The fraction of sp³-hybridized carbons (Fsp3) is 0.562. The van der Waals surface area contributed by atoms with Gasteiger partial charge in [-0.1, -0.05) is 38.1 Å². The molecule has 0 amide bonds. The molecule has 0 saturated carbocycles. The van der Waals surface area contributed by atoms with Gasteiger partial charge in [0.25, 0.3) is 0 Å². The third-order valence-electron chi connectivity index (χ3n) is 3.39. The molecule has 2 rings (SSSR count). The number of ether oxygens (including phenoxy) is 1. The summed E-state index contributed by atoms with van der Waals surface area (Å²) >= 11 is 0. The lowest BCUT2D eigenvalue weighted by molar-refractivity contribution is 0.0371. The minimum atomic E-state index is 0.206. The summed E-state index contributed by atoms with van der Waals surface area (Å²) in [6, 6.07) is 8.07. The van der Waals surface area contributed by atoms with Crippen molar-refractivity contribution in [1.29, 1.82) is 0 Å². The summed E-state index contributed by atoms with van der Waals surface area (Å²) in [6.07, 6.45) is 1.07. The lowest BCUT2D eigenvalue weighted by Crippen LogP contribution is -2.39. The molecule has 1 aromatic rings. The SMILES string of the molecule is CC(C)Cc1ccc(C(=O)CN2CCOCC2)cc1. The molecule has 1 aliphatic rings. The minimum Gasteiger partial charge on any atom is -0.379 e. The lowest BCUT2D eigenvalue weighted by Gasteiger charge is -2.25. The Kier molecular flexibility index (Phi) is 5.11. The highest BCUT2D eigenvalue weighted by atomic mass is 16.5. The van der Waals surface area contributed by atoms with Gasteiger partial charge in [-0.2, -0.15) is 0 Å². The zero-order valence-corrected chi connectivity index (χ0v) is 11.9. The van der Waals surface area contributed by atoms with E-state index in [1.54, 1.807) is 0 Å². The van der Waals surface area contributed by atoms with Crippen molar-refractivity contribution < 1.29 is 9.53 Å². The van der Waals surface area contributed by atoms with E-state index in [1.165, 1.54) is 5.56 Å². The van der Waals surface area contributed by atoms with Gasteiger partial charge in [-0.3, -0.25) is 9.69 Å². The van der Waals surface area contributed by atoms with E-state index in [2.05, 4.69) is 30.9 Å². The second-order valence-corrected chi connectivity index (χ2v) is 5.61. The van der Waals surface area contributed by atoms with Crippen LogP contribution in [0, 0.1) is 5.92 Å². The Bertz CT molecular complexity index is 405. The lowest BCUT2D eigenvalue weighted by atomic mass is 10.0. The minimum absolute atomic E-state index is 0.206. The molecule has 3 nitrogen and oxygen atoms in total. The number of rotatable bonds is 5. The predicted molar refractivity (Wildman–Crippen MR) is 76.6 cm³/mol. The molecule has 1 saturated heterocycles. The first-order valence-corrected chi connectivity index (χ1v) is 7.07. The van der Waals surface area contributed by atoms with Crippen LogP contribution >= 0.6 is 0 Å². The normalized spacial score (nSPS) is 16.8. The van der Waals surface area contributed by atoms with E-state index in [1.807, 2.05) is 12.1 Å². The van der Waals surface area contributed by atoms with Crippen LogP contribution in [0.1, 0.15) is 29.8 Å². The number of carbonyl (C=O) groups excluding carboxylic acids is 1. The topological polar surface area (TPSA) is 29.5 Å². The van der Waals surface area contributed by atoms with Gasteiger partial charge in [0.05, 0.1) is 19.8 Å². The average molecular weight is 261 g/mol. The van der Waals surface area contributed by atoms with E-state index >= 15 is 0 Å². The highest BCUT2D eigenvalue weighted by molar-refractivity contribution is 5.97. The zero-order chi connectivity index (χ0) is 13.7. The highest BCUT2D eigenvalue weighted by Gasteiger charge is 2.15. The van der Waals surface area contributed by atoms with Crippen LogP contribution in [0.25, 0.3) is 0 Å². The Balaban J connectivity index is 1.91. The van der Waals surface area contributed by atoms with E-state index < -0.39 is 0 Å². The molecule has 0 radical (unpaired) electrons. The molecule has 0 aromatic heterocycles. The van der Waals surface area contributed by atoms with Gasteiger partial charge >= 0.3 is 0 Å². The zero-order valence-electron chi connectivity index (χ0n) is 11.9. The smallest absolute Gasteiger partial charge is 0.176 e. The van der Waals surface area contributed by atoms with Crippen molar-refractivity contribution in [3.63, 3.8) is 0 Å². The van der Waals surface area contributed by atoms with Crippen molar-refractivity contribution in [3.8, 4) is 0 Å². The van der Waals surface area contributed by atoms with Crippen LogP contribution in [0.15, 0.2) is 24.3 Å². The van der Waals surface area contributed by atoms with Crippen molar-refractivity contribution >= 4 is 5.78 Å². The summed E-state index contributed by atoms with van der Waals surface area (Å²) < 4.78 is 5.29. The summed E-state index contributed by atoms with van der Waals surface area (Å²) in [5.41, 5.74) is 2.12. The number of morpholine rings is 1. The molecule has 0 bridgehead atoms. The van der Waals surface area contributed by atoms with Gasteiger partial charge in [0, 0.05) is 18.7 Å². The summed E-state index contributed by atoms with van der Waals surface area (Å²) in [5, 5.41) is 0. The van der Waals surface area contributed by atoms with Crippen molar-refractivity contribution in [2.45, 2.75) is 20.3 Å². The number of nitrogens with zero attached hydrogens (tertiary/aromatic N) is 1. The molecule has 0 N–H and O–H groups in total. The standard InChI is InChI=1S/C16H23NO2/c1-13(2)11-14-3-5-15(6-4-14)16(18)12-17-7-9-19-10-8-17/h3-6,13H,7-12H2,1-2H3.